The predicted molar refractivity (Wildman–Crippen MR) is 51.7 cm³/mol. The van der Waals surface area contributed by atoms with Crippen molar-refractivity contribution in [3.63, 3.8) is 0 Å². The Bertz CT molecular complexity index is 323. The third-order valence-electron chi connectivity index (χ3n) is 2.23. The largest absolute Gasteiger partial charge is 0.481 e. The van der Waals surface area contributed by atoms with E-state index < -0.39 is 5.97 Å². The summed E-state index contributed by atoms with van der Waals surface area (Å²) in [7, 11) is 0. The monoisotopic (exact) mass is 196 g/mol. The third-order valence-corrected chi connectivity index (χ3v) is 2.23. The highest BCUT2D eigenvalue weighted by Gasteiger charge is 2.13. The van der Waals surface area contributed by atoms with Gasteiger partial charge in [0.25, 0.3) is 0 Å². The summed E-state index contributed by atoms with van der Waals surface area (Å²) in [5.41, 5.74) is 0.759. The van der Waals surface area contributed by atoms with Crippen LogP contribution in [-0.2, 0) is 4.79 Å². The third kappa shape index (κ3) is 2.83. The molecule has 0 aliphatic rings. The lowest BCUT2D eigenvalue weighted by molar-refractivity contribution is -0.137. The minimum Gasteiger partial charge on any atom is -0.481 e. The molecule has 0 heterocycles. The van der Waals surface area contributed by atoms with Gasteiger partial charge in [0.1, 0.15) is 5.82 Å². The molecule has 3 heteroatoms. The zero-order chi connectivity index (χ0) is 10.6. The lowest BCUT2D eigenvalue weighted by Crippen LogP contribution is -2.05. The fourth-order valence-electron chi connectivity index (χ4n) is 1.47. The summed E-state index contributed by atoms with van der Waals surface area (Å²) in [5.74, 6) is -1.25. The minimum atomic E-state index is -0.846. The molecule has 1 aromatic rings. The maximum absolute atomic E-state index is 12.9. The fraction of sp³-hybridized carbons (Fsp3) is 0.364. The summed E-state index contributed by atoms with van der Waals surface area (Å²) >= 11 is 0. The van der Waals surface area contributed by atoms with Crippen molar-refractivity contribution in [3.8, 4) is 0 Å². The molecular formula is C11H13FO2. The highest BCUT2D eigenvalue weighted by atomic mass is 19.1. The van der Waals surface area contributed by atoms with E-state index in [1.165, 1.54) is 12.1 Å². The fourth-order valence-corrected chi connectivity index (χ4v) is 1.47. The van der Waals surface area contributed by atoms with Gasteiger partial charge in [0.15, 0.2) is 0 Å². The molecule has 0 fully saturated rings. The average Bonchev–Trinajstić information content (AvgIpc) is 2.14. The molecule has 1 aromatic carbocycles. The molecule has 0 aliphatic carbocycles. The molecule has 0 aromatic heterocycles. The van der Waals surface area contributed by atoms with Gasteiger partial charge in [-0.1, -0.05) is 19.1 Å². The Morgan fingerprint density at radius 3 is 2.79 bits per heavy atom. The molecular weight excluding hydrogens is 183 g/mol. The van der Waals surface area contributed by atoms with Gasteiger partial charge in [0.2, 0.25) is 0 Å². The number of hydrogen-bond acceptors (Lipinski definition) is 1. The molecule has 0 spiro atoms. The summed E-state index contributed by atoms with van der Waals surface area (Å²) in [6.45, 7) is 1.90. The number of carbonyl (C=O) groups is 1. The van der Waals surface area contributed by atoms with Gasteiger partial charge >= 0.3 is 5.97 Å². The van der Waals surface area contributed by atoms with E-state index in [-0.39, 0.29) is 18.2 Å². The van der Waals surface area contributed by atoms with Crippen molar-refractivity contribution in [3.05, 3.63) is 35.6 Å². The zero-order valence-electron chi connectivity index (χ0n) is 8.03. The van der Waals surface area contributed by atoms with Gasteiger partial charge in [-0.25, -0.2) is 4.39 Å². The van der Waals surface area contributed by atoms with Crippen LogP contribution in [0.1, 0.15) is 31.2 Å². The van der Waals surface area contributed by atoms with Gasteiger partial charge in [-0.15, -0.1) is 0 Å². The first-order valence-electron chi connectivity index (χ1n) is 4.60. The number of hydrogen-bond donors (Lipinski definition) is 1. The van der Waals surface area contributed by atoms with Crippen molar-refractivity contribution in [1.82, 2.24) is 0 Å². The standard InChI is InChI=1S/C11H13FO2/c1-2-8(7-11(13)14)9-4-3-5-10(12)6-9/h3-6,8H,2,7H2,1H3,(H,13,14). The van der Waals surface area contributed by atoms with Crippen molar-refractivity contribution in [2.45, 2.75) is 25.7 Å². The minimum absolute atomic E-state index is 0.0555. The van der Waals surface area contributed by atoms with E-state index in [9.17, 15) is 9.18 Å². The normalized spacial score (nSPS) is 12.4. The van der Waals surface area contributed by atoms with E-state index in [0.717, 1.165) is 5.56 Å². The van der Waals surface area contributed by atoms with Crippen LogP contribution in [0.25, 0.3) is 0 Å². The van der Waals surface area contributed by atoms with E-state index in [1.54, 1.807) is 12.1 Å². The first-order valence-corrected chi connectivity index (χ1v) is 4.60. The quantitative estimate of drug-likeness (QED) is 0.803. The van der Waals surface area contributed by atoms with Crippen molar-refractivity contribution in [1.29, 1.82) is 0 Å². The Morgan fingerprint density at radius 1 is 1.57 bits per heavy atom. The van der Waals surface area contributed by atoms with Crippen molar-refractivity contribution in [2.75, 3.05) is 0 Å². The van der Waals surface area contributed by atoms with Crippen LogP contribution in [-0.4, -0.2) is 11.1 Å². The topological polar surface area (TPSA) is 37.3 Å². The Kier molecular flexibility index (Phi) is 3.63. The Morgan fingerprint density at radius 2 is 2.29 bits per heavy atom. The Hall–Kier alpha value is -1.38. The van der Waals surface area contributed by atoms with E-state index in [1.807, 2.05) is 6.92 Å². The van der Waals surface area contributed by atoms with E-state index in [2.05, 4.69) is 0 Å². The molecule has 0 saturated carbocycles. The Labute approximate surface area is 82.4 Å². The molecule has 2 nitrogen and oxygen atoms in total. The highest BCUT2D eigenvalue weighted by molar-refractivity contribution is 5.68. The van der Waals surface area contributed by atoms with Gasteiger partial charge in [-0.2, -0.15) is 0 Å². The summed E-state index contributed by atoms with van der Waals surface area (Å²) in [5, 5.41) is 8.65. The molecule has 0 aliphatic heterocycles. The second kappa shape index (κ2) is 4.74. The average molecular weight is 196 g/mol. The SMILES string of the molecule is CCC(CC(=O)O)c1cccc(F)c1. The molecule has 14 heavy (non-hydrogen) atoms. The highest BCUT2D eigenvalue weighted by Crippen LogP contribution is 2.23. The number of aliphatic carboxylic acids is 1. The molecule has 1 atom stereocenters. The second-order valence-corrected chi connectivity index (χ2v) is 3.26. The summed E-state index contributed by atoms with van der Waals surface area (Å²) < 4.78 is 12.9. The maximum Gasteiger partial charge on any atom is 0.303 e. The number of rotatable bonds is 4. The summed E-state index contributed by atoms with van der Waals surface area (Å²) in [6, 6.07) is 6.13. The lowest BCUT2D eigenvalue weighted by atomic mass is 9.93. The van der Waals surface area contributed by atoms with Gasteiger partial charge in [-0.05, 0) is 30.0 Å². The first-order chi connectivity index (χ1) is 6.63. The van der Waals surface area contributed by atoms with E-state index in [4.69, 9.17) is 5.11 Å². The summed E-state index contributed by atoms with van der Waals surface area (Å²) in [4.78, 5) is 10.5. The predicted octanol–water partition coefficient (Wildman–Crippen LogP) is 2.79. The van der Waals surface area contributed by atoms with Gasteiger partial charge < -0.3 is 5.11 Å². The van der Waals surface area contributed by atoms with Crippen LogP contribution in [0.4, 0.5) is 4.39 Å². The summed E-state index contributed by atoms with van der Waals surface area (Å²) in [6.07, 6.45) is 0.760. The zero-order valence-corrected chi connectivity index (χ0v) is 8.03. The molecule has 0 saturated heterocycles. The van der Waals surface area contributed by atoms with Crippen LogP contribution in [0.15, 0.2) is 24.3 Å². The maximum atomic E-state index is 12.9. The smallest absolute Gasteiger partial charge is 0.303 e. The molecule has 0 amide bonds. The second-order valence-electron chi connectivity index (χ2n) is 3.26. The van der Waals surface area contributed by atoms with Crippen molar-refractivity contribution in [2.24, 2.45) is 0 Å². The van der Waals surface area contributed by atoms with Gasteiger partial charge in [-0.3, -0.25) is 4.79 Å². The number of carboxylic acids is 1. The number of benzene rings is 1. The van der Waals surface area contributed by atoms with Gasteiger partial charge in [0, 0.05) is 0 Å². The van der Waals surface area contributed by atoms with E-state index >= 15 is 0 Å². The Balaban J connectivity index is 2.83. The molecule has 1 rings (SSSR count). The molecule has 1 unspecified atom stereocenters. The van der Waals surface area contributed by atoms with Crippen LogP contribution < -0.4 is 0 Å². The van der Waals surface area contributed by atoms with Crippen LogP contribution in [0.5, 0.6) is 0 Å². The van der Waals surface area contributed by atoms with Crippen LogP contribution in [0.2, 0.25) is 0 Å². The first kappa shape index (κ1) is 10.7. The lowest BCUT2D eigenvalue weighted by Gasteiger charge is -2.12. The molecule has 0 radical (unpaired) electrons. The number of carboxylic acid groups (broad SMARTS) is 1. The van der Waals surface area contributed by atoms with Crippen LogP contribution >= 0.6 is 0 Å². The van der Waals surface area contributed by atoms with Crippen molar-refractivity contribution < 1.29 is 14.3 Å². The molecule has 1 N–H and O–H groups in total. The van der Waals surface area contributed by atoms with Gasteiger partial charge in [0.05, 0.1) is 6.42 Å². The molecule has 76 valence electrons. The number of halogens is 1. The van der Waals surface area contributed by atoms with E-state index in [0.29, 0.717) is 6.42 Å². The van der Waals surface area contributed by atoms with Crippen LogP contribution in [0, 0.1) is 5.82 Å². The van der Waals surface area contributed by atoms with Crippen molar-refractivity contribution >= 4 is 5.97 Å². The van der Waals surface area contributed by atoms with Crippen LogP contribution in [0.3, 0.4) is 0 Å². The molecule has 0 bridgehead atoms.